The van der Waals surface area contributed by atoms with Crippen LogP contribution in [0.3, 0.4) is 0 Å². The van der Waals surface area contributed by atoms with Crippen molar-refractivity contribution in [1.82, 2.24) is 9.78 Å². The lowest BCUT2D eigenvalue weighted by molar-refractivity contribution is 0.0527. The van der Waals surface area contributed by atoms with Crippen LogP contribution in [0, 0.1) is 13.8 Å². The van der Waals surface area contributed by atoms with E-state index in [4.69, 9.17) is 4.74 Å². The molecule has 27 heavy (non-hydrogen) atoms. The summed E-state index contributed by atoms with van der Waals surface area (Å²) in [5, 5.41) is 7.54. The van der Waals surface area contributed by atoms with Crippen molar-refractivity contribution in [3.8, 4) is 0 Å². The summed E-state index contributed by atoms with van der Waals surface area (Å²) in [6.45, 7) is 5.59. The van der Waals surface area contributed by atoms with Crippen LogP contribution in [0.2, 0.25) is 0 Å². The molecule has 0 unspecified atom stereocenters. The molecule has 0 spiro atoms. The molecule has 7 nitrogen and oxygen atoms in total. The van der Waals surface area contributed by atoms with Gasteiger partial charge in [-0.3, -0.25) is 14.3 Å². The molecule has 0 saturated heterocycles. The maximum atomic E-state index is 12.8. The van der Waals surface area contributed by atoms with Gasteiger partial charge in [0.25, 0.3) is 5.91 Å². The number of benzene rings is 1. The highest BCUT2D eigenvalue weighted by Crippen LogP contribution is 2.33. The predicted molar refractivity (Wildman–Crippen MR) is 105 cm³/mol. The fourth-order valence-electron chi connectivity index (χ4n) is 2.80. The van der Waals surface area contributed by atoms with Crippen molar-refractivity contribution < 1.29 is 14.3 Å². The lowest BCUT2D eigenvalue weighted by Gasteiger charge is -2.09. The Bertz CT molecular complexity index is 1110. The van der Waals surface area contributed by atoms with Crippen molar-refractivity contribution >= 4 is 39.1 Å². The van der Waals surface area contributed by atoms with Gasteiger partial charge in [-0.15, -0.1) is 11.3 Å². The van der Waals surface area contributed by atoms with Crippen LogP contribution >= 0.6 is 11.3 Å². The molecule has 0 aliphatic rings. The summed E-state index contributed by atoms with van der Waals surface area (Å²) >= 11 is 1.26. The van der Waals surface area contributed by atoms with Gasteiger partial charge in [0.1, 0.15) is 5.00 Å². The van der Waals surface area contributed by atoms with Gasteiger partial charge in [0, 0.05) is 17.3 Å². The molecule has 3 rings (SSSR count). The summed E-state index contributed by atoms with van der Waals surface area (Å²) in [6, 6.07) is 6.94. The van der Waals surface area contributed by atoms with Crippen LogP contribution in [0.15, 0.2) is 29.1 Å². The molecule has 0 atom stereocenters. The number of aromatic nitrogens is 2. The van der Waals surface area contributed by atoms with Crippen molar-refractivity contribution in [3.05, 3.63) is 56.2 Å². The second-order valence-electron chi connectivity index (χ2n) is 5.98. The summed E-state index contributed by atoms with van der Waals surface area (Å²) in [7, 11) is 1.67. The standard InChI is InChI=1S/C19H19N3O4S/c1-5-26-19(25)14-10(2)11(3)27-18(14)20-17(24)15-16(23)12-8-6-7-9-13(12)22(4)21-15/h6-9H,5H2,1-4H3,(H,20,24). The molecule has 8 heteroatoms. The number of amides is 1. The zero-order valence-corrected chi connectivity index (χ0v) is 16.3. The number of rotatable bonds is 4. The highest BCUT2D eigenvalue weighted by Gasteiger charge is 2.24. The highest BCUT2D eigenvalue weighted by atomic mass is 32.1. The van der Waals surface area contributed by atoms with E-state index in [1.54, 1.807) is 45.2 Å². The fourth-order valence-corrected chi connectivity index (χ4v) is 3.84. The van der Waals surface area contributed by atoms with E-state index in [2.05, 4.69) is 10.4 Å². The Balaban J connectivity index is 2.04. The predicted octanol–water partition coefficient (Wildman–Crippen LogP) is 3.04. The van der Waals surface area contributed by atoms with Crippen LogP contribution in [0.5, 0.6) is 0 Å². The van der Waals surface area contributed by atoms with Crippen LogP contribution in [-0.4, -0.2) is 28.3 Å². The van der Waals surface area contributed by atoms with Crippen LogP contribution in [-0.2, 0) is 11.8 Å². The number of hydrogen-bond acceptors (Lipinski definition) is 6. The average molecular weight is 385 g/mol. The van der Waals surface area contributed by atoms with Gasteiger partial charge in [0.05, 0.1) is 17.7 Å². The minimum Gasteiger partial charge on any atom is -0.462 e. The van der Waals surface area contributed by atoms with E-state index in [9.17, 15) is 14.4 Å². The number of ether oxygens (including phenoxy) is 1. The summed E-state index contributed by atoms with van der Waals surface area (Å²) in [6.07, 6.45) is 0. The van der Waals surface area contributed by atoms with Gasteiger partial charge < -0.3 is 10.1 Å². The second-order valence-corrected chi connectivity index (χ2v) is 7.21. The number of nitrogens with zero attached hydrogens (tertiary/aromatic N) is 2. The largest absolute Gasteiger partial charge is 0.462 e. The zero-order valence-electron chi connectivity index (χ0n) is 15.5. The summed E-state index contributed by atoms with van der Waals surface area (Å²) in [5.41, 5.74) is 1.01. The SMILES string of the molecule is CCOC(=O)c1c(NC(=O)c2nn(C)c3ccccc3c2=O)sc(C)c1C. The van der Waals surface area contributed by atoms with Crippen LogP contribution in [0.4, 0.5) is 5.00 Å². The number of nitrogens with one attached hydrogen (secondary N) is 1. The molecule has 2 heterocycles. The third-order valence-electron chi connectivity index (χ3n) is 4.27. The summed E-state index contributed by atoms with van der Waals surface area (Å²) < 4.78 is 6.57. The molecule has 3 aromatic rings. The molecular weight excluding hydrogens is 366 g/mol. The summed E-state index contributed by atoms with van der Waals surface area (Å²) in [5.74, 6) is -1.16. The number of aryl methyl sites for hydroxylation is 2. The number of carbonyl (C=O) groups excluding carboxylic acids is 2. The monoisotopic (exact) mass is 385 g/mol. The normalized spacial score (nSPS) is 10.8. The maximum absolute atomic E-state index is 12.8. The van der Waals surface area contributed by atoms with Gasteiger partial charge in [-0.05, 0) is 38.5 Å². The Kier molecular flexibility index (Phi) is 5.09. The quantitative estimate of drug-likeness (QED) is 0.697. The first kappa shape index (κ1) is 18.8. The van der Waals surface area contributed by atoms with Crippen molar-refractivity contribution in [1.29, 1.82) is 0 Å². The number of hydrogen-bond donors (Lipinski definition) is 1. The Hall–Kier alpha value is -3.00. The lowest BCUT2D eigenvalue weighted by Crippen LogP contribution is -2.26. The summed E-state index contributed by atoms with van der Waals surface area (Å²) in [4.78, 5) is 38.6. The topological polar surface area (TPSA) is 90.3 Å². The second kappa shape index (κ2) is 7.32. The van der Waals surface area contributed by atoms with Crippen molar-refractivity contribution in [2.75, 3.05) is 11.9 Å². The number of fused-ring (bicyclic) bond motifs is 1. The van der Waals surface area contributed by atoms with E-state index in [1.165, 1.54) is 16.0 Å². The molecule has 140 valence electrons. The van der Waals surface area contributed by atoms with Gasteiger partial charge in [-0.2, -0.15) is 5.10 Å². The van der Waals surface area contributed by atoms with Crippen molar-refractivity contribution in [2.45, 2.75) is 20.8 Å². The molecule has 1 amide bonds. The minimum atomic E-state index is -0.659. The van der Waals surface area contributed by atoms with E-state index in [-0.39, 0.29) is 12.3 Å². The van der Waals surface area contributed by atoms with E-state index in [0.717, 1.165) is 10.4 Å². The van der Waals surface area contributed by atoms with E-state index < -0.39 is 17.3 Å². The van der Waals surface area contributed by atoms with Crippen LogP contribution in [0.25, 0.3) is 10.9 Å². The fraction of sp³-hybridized carbons (Fsp3) is 0.263. The highest BCUT2D eigenvalue weighted by molar-refractivity contribution is 7.16. The van der Waals surface area contributed by atoms with Crippen molar-refractivity contribution in [3.63, 3.8) is 0 Å². The van der Waals surface area contributed by atoms with Crippen molar-refractivity contribution in [2.24, 2.45) is 7.05 Å². The van der Waals surface area contributed by atoms with Gasteiger partial charge in [0.2, 0.25) is 5.43 Å². The minimum absolute atomic E-state index is 0.227. The molecular formula is C19H19N3O4S. The number of anilines is 1. The third kappa shape index (κ3) is 3.35. The Morgan fingerprint density at radius 1 is 1.26 bits per heavy atom. The van der Waals surface area contributed by atoms with Crippen LogP contribution < -0.4 is 10.7 Å². The molecule has 2 aromatic heterocycles. The van der Waals surface area contributed by atoms with E-state index in [0.29, 0.717) is 21.5 Å². The Labute approximate surface area is 159 Å². The van der Waals surface area contributed by atoms with Gasteiger partial charge in [-0.25, -0.2) is 4.79 Å². The van der Waals surface area contributed by atoms with Gasteiger partial charge >= 0.3 is 5.97 Å². The molecule has 0 bridgehead atoms. The zero-order chi connectivity index (χ0) is 19.7. The van der Waals surface area contributed by atoms with E-state index in [1.807, 2.05) is 6.92 Å². The molecule has 0 aliphatic heterocycles. The first-order valence-corrected chi connectivity index (χ1v) is 9.21. The van der Waals surface area contributed by atoms with Gasteiger partial charge in [-0.1, -0.05) is 12.1 Å². The molecule has 0 aliphatic carbocycles. The number of thiophene rings is 1. The number of para-hydroxylation sites is 1. The van der Waals surface area contributed by atoms with Gasteiger partial charge in [0.15, 0.2) is 5.69 Å². The lowest BCUT2D eigenvalue weighted by atomic mass is 10.1. The first-order valence-electron chi connectivity index (χ1n) is 8.39. The van der Waals surface area contributed by atoms with Crippen LogP contribution in [0.1, 0.15) is 38.2 Å². The Morgan fingerprint density at radius 2 is 1.96 bits per heavy atom. The number of esters is 1. The molecule has 0 radical (unpaired) electrons. The Morgan fingerprint density at radius 3 is 2.67 bits per heavy atom. The average Bonchev–Trinajstić information content (AvgIpc) is 2.92. The number of carbonyl (C=O) groups is 2. The third-order valence-corrected chi connectivity index (χ3v) is 5.39. The molecule has 1 N–H and O–H groups in total. The van der Waals surface area contributed by atoms with E-state index >= 15 is 0 Å². The molecule has 0 fully saturated rings. The molecule has 1 aromatic carbocycles. The smallest absolute Gasteiger partial charge is 0.341 e. The molecule has 0 saturated carbocycles. The first-order chi connectivity index (χ1) is 12.8. The maximum Gasteiger partial charge on any atom is 0.341 e.